The Morgan fingerprint density at radius 3 is 1.70 bits per heavy atom. The van der Waals surface area contributed by atoms with E-state index in [4.69, 9.17) is 0 Å². The Balaban J connectivity index is 1.66. The number of fused-ring (bicyclic) bond motifs is 2. The highest BCUT2D eigenvalue weighted by Gasteiger charge is 2.31. The summed E-state index contributed by atoms with van der Waals surface area (Å²) < 4.78 is 0. The summed E-state index contributed by atoms with van der Waals surface area (Å²) in [6.45, 7) is 0.475. The van der Waals surface area contributed by atoms with Crippen LogP contribution in [0.5, 0.6) is 0 Å². The maximum Gasteiger partial charge on any atom is 0.148 e. The second-order valence-corrected chi connectivity index (χ2v) is 7.42. The van der Waals surface area contributed by atoms with Gasteiger partial charge in [0.1, 0.15) is 5.78 Å². The second-order valence-electron chi connectivity index (χ2n) is 7.42. The molecule has 1 aliphatic heterocycles. The van der Waals surface area contributed by atoms with Crippen LogP contribution in [0.1, 0.15) is 23.5 Å². The Bertz CT molecular complexity index is 1070. The van der Waals surface area contributed by atoms with Gasteiger partial charge >= 0.3 is 0 Å². The lowest BCUT2D eigenvalue weighted by molar-refractivity contribution is -0.116. The van der Waals surface area contributed by atoms with E-state index < -0.39 is 0 Å². The number of ketones is 1. The number of benzene rings is 4. The van der Waals surface area contributed by atoms with Gasteiger partial charge in [-0.1, -0.05) is 84.9 Å². The first-order valence-corrected chi connectivity index (χ1v) is 9.50. The molecule has 132 valence electrons. The first kappa shape index (κ1) is 16.2. The van der Waals surface area contributed by atoms with Gasteiger partial charge in [0, 0.05) is 18.4 Å². The Labute approximate surface area is 158 Å². The summed E-state index contributed by atoms with van der Waals surface area (Å²) in [5.74, 6) is 0.456. The van der Waals surface area contributed by atoms with Crippen LogP contribution < -0.4 is 5.32 Å². The molecule has 4 aromatic rings. The third-order valence-corrected chi connectivity index (χ3v) is 5.68. The second kappa shape index (κ2) is 6.64. The van der Waals surface area contributed by atoms with E-state index in [2.05, 4.69) is 90.2 Å². The fraction of sp³-hybridized carbons (Fsp3) is 0.160. The summed E-state index contributed by atoms with van der Waals surface area (Å²) in [4.78, 5) is 12.0. The van der Waals surface area contributed by atoms with Gasteiger partial charge in [-0.2, -0.15) is 0 Å². The highest BCUT2D eigenvalue weighted by atomic mass is 16.1. The van der Waals surface area contributed by atoms with E-state index >= 15 is 0 Å². The maximum atomic E-state index is 12.0. The third-order valence-electron chi connectivity index (χ3n) is 5.68. The zero-order chi connectivity index (χ0) is 18.2. The quantitative estimate of drug-likeness (QED) is 0.559. The summed E-state index contributed by atoms with van der Waals surface area (Å²) in [7, 11) is 0. The molecule has 0 spiro atoms. The molecule has 0 aromatic heterocycles. The van der Waals surface area contributed by atoms with E-state index in [1.165, 1.54) is 32.7 Å². The van der Waals surface area contributed by atoms with Crippen LogP contribution in [0.4, 0.5) is 0 Å². The van der Waals surface area contributed by atoms with E-state index in [0.29, 0.717) is 18.7 Å². The zero-order valence-corrected chi connectivity index (χ0v) is 15.1. The lowest BCUT2D eigenvalue weighted by Gasteiger charge is -2.25. The average Bonchev–Trinajstić information content (AvgIpc) is 3.14. The Kier molecular flexibility index (Phi) is 3.99. The number of nitrogens with one attached hydrogen (secondary N) is 1. The molecular formula is C25H21NO. The van der Waals surface area contributed by atoms with Crippen molar-refractivity contribution in [1.82, 2.24) is 5.32 Å². The van der Waals surface area contributed by atoms with Crippen molar-refractivity contribution >= 4 is 27.3 Å². The molecule has 1 saturated heterocycles. The van der Waals surface area contributed by atoms with Gasteiger partial charge in [0.15, 0.2) is 0 Å². The number of carbonyl (C=O) groups is 1. The minimum absolute atomic E-state index is 0.139. The van der Waals surface area contributed by atoms with Crippen LogP contribution in [0.25, 0.3) is 21.5 Å². The Hall–Kier alpha value is -2.97. The van der Waals surface area contributed by atoms with Gasteiger partial charge in [-0.05, 0) is 32.7 Å². The molecule has 1 heterocycles. The molecule has 0 unspecified atom stereocenters. The lowest BCUT2D eigenvalue weighted by Crippen LogP contribution is -2.29. The standard InChI is InChI=1S/C25H21NO/c27-23-15-24(26-16-23)25(21-11-9-17-5-1-3-7-19(17)13-21)22-12-10-18-6-2-4-8-20(18)14-22/h1-14,24-26H,15-16H2/t24-/m0/s1. The molecule has 1 atom stereocenters. The molecule has 1 aliphatic rings. The topological polar surface area (TPSA) is 29.1 Å². The van der Waals surface area contributed by atoms with Gasteiger partial charge in [-0.15, -0.1) is 0 Å². The normalized spacial score (nSPS) is 17.2. The Morgan fingerprint density at radius 2 is 1.22 bits per heavy atom. The first-order valence-electron chi connectivity index (χ1n) is 9.50. The largest absolute Gasteiger partial charge is 0.306 e. The molecular weight excluding hydrogens is 330 g/mol. The van der Waals surface area contributed by atoms with Crippen LogP contribution in [-0.4, -0.2) is 18.4 Å². The van der Waals surface area contributed by atoms with Gasteiger partial charge in [0.25, 0.3) is 0 Å². The van der Waals surface area contributed by atoms with Crippen LogP contribution in [0.2, 0.25) is 0 Å². The minimum atomic E-state index is 0.139. The van der Waals surface area contributed by atoms with Crippen molar-refractivity contribution in [3.05, 3.63) is 96.1 Å². The summed E-state index contributed by atoms with van der Waals surface area (Å²) in [6.07, 6.45) is 0.588. The van der Waals surface area contributed by atoms with Crippen LogP contribution in [0, 0.1) is 0 Å². The van der Waals surface area contributed by atoms with Crippen molar-refractivity contribution in [1.29, 1.82) is 0 Å². The molecule has 0 radical (unpaired) electrons. The monoisotopic (exact) mass is 351 g/mol. The van der Waals surface area contributed by atoms with E-state index in [9.17, 15) is 4.79 Å². The molecule has 5 rings (SSSR count). The fourth-order valence-corrected chi connectivity index (χ4v) is 4.33. The molecule has 27 heavy (non-hydrogen) atoms. The summed E-state index contributed by atoms with van der Waals surface area (Å²) in [5.41, 5.74) is 2.52. The van der Waals surface area contributed by atoms with Crippen molar-refractivity contribution in [3.63, 3.8) is 0 Å². The number of Topliss-reactive ketones (excluding diaryl/α,β-unsaturated/α-hetero) is 1. The molecule has 1 fully saturated rings. The molecule has 0 bridgehead atoms. The van der Waals surface area contributed by atoms with Crippen LogP contribution >= 0.6 is 0 Å². The number of rotatable bonds is 3. The smallest absolute Gasteiger partial charge is 0.148 e. The first-order chi connectivity index (χ1) is 13.3. The zero-order valence-electron chi connectivity index (χ0n) is 15.1. The van der Waals surface area contributed by atoms with Crippen molar-refractivity contribution in [2.75, 3.05) is 6.54 Å². The van der Waals surface area contributed by atoms with Gasteiger partial charge in [0.2, 0.25) is 0 Å². The molecule has 4 aromatic carbocycles. The number of carbonyl (C=O) groups excluding carboxylic acids is 1. The van der Waals surface area contributed by atoms with Crippen LogP contribution in [-0.2, 0) is 4.79 Å². The predicted molar refractivity (Wildman–Crippen MR) is 111 cm³/mol. The molecule has 1 N–H and O–H groups in total. The summed E-state index contributed by atoms with van der Waals surface area (Å²) in [5, 5.41) is 8.42. The SMILES string of the molecule is O=C1CN[C@H](C(c2ccc3ccccc3c2)c2ccc3ccccc3c2)C1. The van der Waals surface area contributed by atoms with Crippen molar-refractivity contribution in [2.45, 2.75) is 18.4 Å². The predicted octanol–water partition coefficient (Wildman–Crippen LogP) is 5.06. The highest BCUT2D eigenvalue weighted by molar-refractivity contribution is 5.86. The average molecular weight is 351 g/mol. The molecule has 0 saturated carbocycles. The molecule has 0 amide bonds. The van der Waals surface area contributed by atoms with E-state index in [1.807, 2.05) is 0 Å². The van der Waals surface area contributed by atoms with Gasteiger partial charge in [-0.3, -0.25) is 4.79 Å². The van der Waals surface area contributed by atoms with Crippen molar-refractivity contribution < 1.29 is 4.79 Å². The van der Waals surface area contributed by atoms with Crippen molar-refractivity contribution in [2.24, 2.45) is 0 Å². The molecule has 2 heteroatoms. The van der Waals surface area contributed by atoms with Gasteiger partial charge in [-0.25, -0.2) is 0 Å². The maximum absolute atomic E-state index is 12.0. The number of hydrogen-bond donors (Lipinski definition) is 1. The Morgan fingerprint density at radius 1 is 0.704 bits per heavy atom. The van der Waals surface area contributed by atoms with Crippen LogP contribution in [0.3, 0.4) is 0 Å². The lowest BCUT2D eigenvalue weighted by atomic mass is 9.83. The fourth-order valence-electron chi connectivity index (χ4n) is 4.33. The van der Waals surface area contributed by atoms with Gasteiger partial charge < -0.3 is 5.32 Å². The van der Waals surface area contributed by atoms with Crippen LogP contribution in [0.15, 0.2) is 84.9 Å². The molecule has 0 aliphatic carbocycles. The minimum Gasteiger partial charge on any atom is -0.306 e. The summed E-state index contributed by atoms with van der Waals surface area (Å²) >= 11 is 0. The third kappa shape index (κ3) is 3.02. The highest BCUT2D eigenvalue weighted by Crippen LogP contribution is 2.34. The van der Waals surface area contributed by atoms with E-state index in [-0.39, 0.29) is 12.0 Å². The molecule has 2 nitrogen and oxygen atoms in total. The van der Waals surface area contributed by atoms with E-state index in [1.54, 1.807) is 0 Å². The number of hydrogen-bond acceptors (Lipinski definition) is 2. The van der Waals surface area contributed by atoms with Gasteiger partial charge in [0.05, 0.1) is 6.54 Å². The summed E-state index contributed by atoms with van der Waals surface area (Å²) in [6, 6.07) is 30.4. The van der Waals surface area contributed by atoms with Crippen molar-refractivity contribution in [3.8, 4) is 0 Å². The van der Waals surface area contributed by atoms with E-state index in [0.717, 1.165) is 0 Å².